The summed E-state index contributed by atoms with van der Waals surface area (Å²) in [5, 5.41) is 17.5. The summed E-state index contributed by atoms with van der Waals surface area (Å²) in [5.74, 6) is 0. The van der Waals surface area contributed by atoms with Gasteiger partial charge in [-0.25, -0.2) is 4.85 Å². The van der Waals surface area contributed by atoms with E-state index in [9.17, 15) is 5.26 Å². The Morgan fingerprint density at radius 1 is 0.328 bits per heavy atom. The Balaban J connectivity index is 1.44. The van der Waals surface area contributed by atoms with Gasteiger partial charge in [-0.3, -0.25) is 0 Å². The molecule has 67 heavy (non-hydrogen) atoms. The van der Waals surface area contributed by atoms with Crippen LogP contribution in [0.15, 0.2) is 224 Å². The van der Waals surface area contributed by atoms with Gasteiger partial charge in [-0.15, -0.1) is 0 Å². The van der Waals surface area contributed by atoms with Crippen LogP contribution in [-0.4, -0.2) is 13.7 Å². The number of nitrogens with zero attached hydrogens (tertiary/aromatic N) is 5. The third kappa shape index (κ3) is 5.66. The van der Waals surface area contributed by atoms with Gasteiger partial charge >= 0.3 is 0 Å². The maximum absolute atomic E-state index is 10.7. The van der Waals surface area contributed by atoms with Crippen molar-refractivity contribution >= 4 is 71.1 Å². The Morgan fingerprint density at radius 2 is 0.642 bits per heavy atom. The summed E-state index contributed by atoms with van der Waals surface area (Å²) in [6, 6.07) is 81.8. The highest BCUT2D eigenvalue weighted by Gasteiger charge is 2.34. The SMILES string of the molecule is [C-]#[N+]c1cc(C#N)cc(-c2c(-c3ccccc3)c(-n3c4ccccc4c4ccccc43)c(-n3c4ccccc4c4ccccc43)c(-n3c4ccccc4c4ccccc43)c2-c2ccccc2)c1. The van der Waals surface area contributed by atoms with Crippen LogP contribution in [0.4, 0.5) is 5.69 Å². The van der Waals surface area contributed by atoms with Gasteiger partial charge in [-0.1, -0.05) is 170 Å². The van der Waals surface area contributed by atoms with Gasteiger partial charge in [0, 0.05) is 54.6 Å². The van der Waals surface area contributed by atoms with Crippen LogP contribution < -0.4 is 0 Å². The molecule has 310 valence electrons. The highest BCUT2D eigenvalue weighted by molar-refractivity contribution is 6.18. The summed E-state index contributed by atoms with van der Waals surface area (Å²) in [6.07, 6.45) is 0. The van der Waals surface area contributed by atoms with Crippen LogP contribution >= 0.6 is 0 Å². The highest BCUT2D eigenvalue weighted by Crippen LogP contribution is 2.55. The van der Waals surface area contributed by atoms with Crippen LogP contribution in [0.1, 0.15) is 5.56 Å². The lowest BCUT2D eigenvalue weighted by Gasteiger charge is -2.31. The van der Waals surface area contributed by atoms with Crippen LogP contribution in [-0.2, 0) is 0 Å². The van der Waals surface area contributed by atoms with Crippen molar-refractivity contribution in [3.63, 3.8) is 0 Å². The van der Waals surface area contributed by atoms with E-state index in [1.165, 1.54) is 0 Å². The second-order valence-corrected chi connectivity index (χ2v) is 17.0. The molecule has 5 nitrogen and oxygen atoms in total. The van der Waals surface area contributed by atoms with Gasteiger partial charge in [0.15, 0.2) is 5.69 Å². The molecule has 3 aromatic heterocycles. The molecule has 0 aliphatic heterocycles. The molecule has 0 saturated heterocycles. The highest BCUT2D eigenvalue weighted by atomic mass is 15.1. The molecule has 0 N–H and O–H groups in total. The first-order chi connectivity index (χ1) is 33.2. The first kappa shape index (κ1) is 38.1. The molecule has 10 aromatic carbocycles. The maximum Gasteiger partial charge on any atom is 0.189 e. The molecule has 13 aromatic rings. The predicted octanol–water partition coefficient (Wildman–Crippen LogP) is 16.4. The monoisotopic (exact) mass is 851 g/mol. The van der Waals surface area contributed by atoms with Gasteiger partial charge in [0.1, 0.15) is 0 Å². The first-order valence-electron chi connectivity index (χ1n) is 22.5. The van der Waals surface area contributed by atoms with E-state index in [1.54, 1.807) is 6.07 Å². The summed E-state index contributed by atoms with van der Waals surface area (Å²) >= 11 is 0. The summed E-state index contributed by atoms with van der Waals surface area (Å²) in [6.45, 7) is 8.37. The fraction of sp³-hybridized carbons (Fsp3) is 0. The van der Waals surface area contributed by atoms with Crippen LogP contribution in [0.2, 0.25) is 0 Å². The first-order valence-corrected chi connectivity index (χ1v) is 22.5. The molecule has 0 aliphatic carbocycles. The summed E-state index contributed by atoms with van der Waals surface area (Å²) < 4.78 is 7.46. The lowest BCUT2D eigenvalue weighted by atomic mass is 9.83. The minimum Gasteiger partial charge on any atom is -0.306 e. The Hall–Kier alpha value is -9.42. The zero-order valence-corrected chi connectivity index (χ0v) is 36.1. The molecule has 5 heteroatoms. The topological polar surface area (TPSA) is 42.9 Å². The molecule has 0 atom stereocenters. The Labute approximate surface area is 386 Å². The molecule has 0 unspecified atom stereocenters. The van der Waals surface area contributed by atoms with Crippen molar-refractivity contribution in [2.45, 2.75) is 0 Å². The van der Waals surface area contributed by atoms with Crippen molar-refractivity contribution in [2.24, 2.45) is 0 Å². The van der Waals surface area contributed by atoms with Crippen LogP contribution in [0.25, 0.3) is 121 Å². The Morgan fingerprint density at radius 3 is 0.970 bits per heavy atom. The van der Waals surface area contributed by atoms with E-state index in [-0.39, 0.29) is 0 Å². The Kier molecular flexibility index (Phi) is 8.58. The van der Waals surface area contributed by atoms with E-state index in [1.807, 2.05) is 12.1 Å². The predicted molar refractivity (Wildman–Crippen MR) is 277 cm³/mol. The third-order valence-electron chi connectivity index (χ3n) is 13.4. The van der Waals surface area contributed by atoms with E-state index >= 15 is 0 Å². The molecule has 0 aliphatic rings. The van der Waals surface area contributed by atoms with Gasteiger partial charge in [0.05, 0.1) is 62.8 Å². The van der Waals surface area contributed by atoms with Crippen LogP contribution in [0.3, 0.4) is 0 Å². The zero-order valence-electron chi connectivity index (χ0n) is 36.1. The van der Waals surface area contributed by atoms with Crippen molar-refractivity contribution in [1.29, 1.82) is 5.26 Å². The molecule has 0 saturated carbocycles. The van der Waals surface area contributed by atoms with Crippen LogP contribution in [0, 0.1) is 17.9 Å². The molecular formula is C62H37N5. The van der Waals surface area contributed by atoms with Crippen molar-refractivity contribution in [3.05, 3.63) is 241 Å². The molecule has 0 fully saturated rings. The minimum absolute atomic E-state index is 0.398. The molecule has 0 amide bonds. The molecule has 13 rings (SSSR count). The van der Waals surface area contributed by atoms with Crippen molar-refractivity contribution < 1.29 is 0 Å². The van der Waals surface area contributed by atoms with Gasteiger partial charge in [0.2, 0.25) is 0 Å². The third-order valence-corrected chi connectivity index (χ3v) is 13.4. The summed E-state index contributed by atoms with van der Waals surface area (Å²) in [5.41, 5.74) is 15.7. The summed E-state index contributed by atoms with van der Waals surface area (Å²) in [4.78, 5) is 3.99. The van der Waals surface area contributed by atoms with E-state index in [4.69, 9.17) is 6.57 Å². The second-order valence-electron chi connectivity index (χ2n) is 17.0. The van der Waals surface area contributed by atoms with E-state index < -0.39 is 0 Å². The quantitative estimate of drug-likeness (QED) is 0.154. The molecule has 3 heterocycles. The number of nitriles is 1. The second kappa shape index (κ2) is 15.1. The molecule has 0 spiro atoms. The van der Waals surface area contributed by atoms with Crippen LogP contribution in [0.5, 0.6) is 0 Å². The number of fused-ring (bicyclic) bond motifs is 9. The molecule has 0 radical (unpaired) electrons. The average Bonchev–Trinajstić information content (AvgIpc) is 4.04. The van der Waals surface area contributed by atoms with E-state index in [0.717, 1.165) is 116 Å². The van der Waals surface area contributed by atoms with Gasteiger partial charge in [-0.2, -0.15) is 5.26 Å². The average molecular weight is 852 g/mol. The zero-order chi connectivity index (χ0) is 44.6. The molecule has 0 bridgehead atoms. The number of hydrogen-bond acceptors (Lipinski definition) is 1. The van der Waals surface area contributed by atoms with E-state index in [0.29, 0.717) is 11.3 Å². The standard InChI is InChI=1S/C62H37N5/c1-64-44-37-40(39-63)36-43(38-44)57-58(41-20-4-2-5-21-41)60(65-51-30-14-8-24-45(51)46-25-9-15-31-52(46)65)62(67-55-34-18-12-28-49(55)50-29-13-19-35-56(50)67)61(59(57)42-22-6-3-7-23-42)66-53-32-16-10-26-47(53)48-27-11-17-33-54(48)66/h2-38H. The number of para-hydroxylation sites is 6. The molecular weight excluding hydrogens is 815 g/mol. The fourth-order valence-corrected chi connectivity index (χ4v) is 10.8. The number of benzene rings is 10. The van der Waals surface area contributed by atoms with Gasteiger partial charge in [0.25, 0.3) is 0 Å². The van der Waals surface area contributed by atoms with Crippen molar-refractivity contribution in [1.82, 2.24) is 13.7 Å². The summed E-state index contributed by atoms with van der Waals surface area (Å²) in [7, 11) is 0. The normalized spacial score (nSPS) is 11.6. The van der Waals surface area contributed by atoms with Crippen molar-refractivity contribution in [2.75, 3.05) is 0 Å². The smallest absolute Gasteiger partial charge is 0.189 e. The number of hydrogen-bond donors (Lipinski definition) is 0. The van der Waals surface area contributed by atoms with E-state index in [2.05, 4.69) is 231 Å². The Bertz CT molecular complexity index is 3860. The number of rotatable bonds is 6. The number of aromatic nitrogens is 3. The lowest BCUT2D eigenvalue weighted by Crippen LogP contribution is -2.14. The minimum atomic E-state index is 0.398. The maximum atomic E-state index is 10.7. The fourth-order valence-electron chi connectivity index (χ4n) is 10.8. The largest absolute Gasteiger partial charge is 0.306 e. The van der Waals surface area contributed by atoms with Gasteiger partial charge < -0.3 is 13.7 Å². The van der Waals surface area contributed by atoms with Gasteiger partial charge in [-0.05, 0) is 71.3 Å². The lowest BCUT2D eigenvalue weighted by molar-refractivity contribution is 1.05. The van der Waals surface area contributed by atoms with Crippen molar-refractivity contribution in [3.8, 4) is 56.5 Å².